The molecule has 4 heteroatoms. The second kappa shape index (κ2) is 5.26. The molecule has 0 spiro atoms. The number of rotatable bonds is 5. The van der Waals surface area contributed by atoms with Gasteiger partial charge in [-0.05, 0) is 40.7 Å². The summed E-state index contributed by atoms with van der Waals surface area (Å²) in [6.45, 7) is 2.44. The van der Waals surface area contributed by atoms with Crippen molar-refractivity contribution in [2.75, 3.05) is 13.7 Å². The van der Waals surface area contributed by atoms with Crippen LogP contribution in [0.25, 0.3) is 0 Å². The molecule has 1 unspecified atom stereocenters. The first-order chi connectivity index (χ1) is 6.55. The maximum Gasteiger partial charge on any atom is 0.0690 e. The van der Waals surface area contributed by atoms with E-state index in [0.29, 0.717) is 19.4 Å². The molecule has 0 aliphatic rings. The lowest BCUT2D eigenvalue weighted by Gasteiger charge is -2.22. The van der Waals surface area contributed by atoms with E-state index in [4.69, 9.17) is 4.74 Å². The summed E-state index contributed by atoms with van der Waals surface area (Å²) in [4.78, 5) is 1.19. The molecule has 1 aromatic rings. The summed E-state index contributed by atoms with van der Waals surface area (Å²) in [7, 11) is 1.65. The Morgan fingerprint density at radius 1 is 1.64 bits per heavy atom. The minimum absolute atomic E-state index is 0.593. The van der Waals surface area contributed by atoms with Gasteiger partial charge in [0.05, 0.1) is 5.60 Å². The maximum absolute atomic E-state index is 10.0. The van der Waals surface area contributed by atoms with Crippen LogP contribution in [-0.4, -0.2) is 24.4 Å². The normalized spacial score (nSPS) is 15.4. The van der Waals surface area contributed by atoms with Crippen molar-refractivity contribution in [2.45, 2.75) is 25.4 Å². The Balaban J connectivity index is 2.54. The fourth-order valence-corrected chi connectivity index (χ4v) is 2.88. The molecular formula is C10H15BrO2S. The minimum Gasteiger partial charge on any atom is -0.390 e. The van der Waals surface area contributed by atoms with Gasteiger partial charge in [0.25, 0.3) is 0 Å². The molecule has 1 rings (SSSR count). The predicted octanol–water partition coefficient (Wildman–Crippen LogP) is 2.84. The molecule has 80 valence electrons. The number of thiophene rings is 1. The third-order valence-corrected chi connectivity index (χ3v) is 4.00. The standard InChI is InChI=1S/C10H15BrO2S/c1-10(12,4-5-13-2)7-9-8(11)3-6-14-9/h3,6,12H,4-5,7H2,1-2H3. The molecule has 1 N–H and O–H groups in total. The third kappa shape index (κ3) is 3.69. The number of methoxy groups -OCH3 is 1. The third-order valence-electron chi connectivity index (χ3n) is 2.08. The summed E-state index contributed by atoms with van der Waals surface area (Å²) >= 11 is 5.12. The van der Waals surface area contributed by atoms with Crippen molar-refractivity contribution in [3.8, 4) is 0 Å². The highest BCUT2D eigenvalue weighted by atomic mass is 79.9. The van der Waals surface area contributed by atoms with E-state index < -0.39 is 5.60 Å². The molecule has 0 aliphatic carbocycles. The van der Waals surface area contributed by atoms with Gasteiger partial charge in [0, 0.05) is 29.5 Å². The van der Waals surface area contributed by atoms with E-state index in [1.807, 2.05) is 18.4 Å². The maximum atomic E-state index is 10.0. The van der Waals surface area contributed by atoms with Crippen molar-refractivity contribution in [3.05, 3.63) is 20.8 Å². The molecule has 2 nitrogen and oxygen atoms in total. The van der Waals surface area contributed by atoms with Crippen molar-refractivity contribution < 1.29 is 9.84 Å². The molecule has 0 bridgehead atoms. The second-order valence-corrected chi connectivity index (χ2v) is 5.46. The predicted molar refractivity (Wildman–Crippen MR) is 62.8 cm³/mol. The molecule has 0 aromatic carbocycles. The molecule has 0 amide bonds. The minimum atomic E-state index is -0.677. The Kier molecular flexibility index (Phi) is 4.57. The van der Waals surface area contributed by atoms with E-state index >= 15 is 0 Å². The molecule has 14 heavy (non-hydrogen) atoms. The van der Waals surface area contributed by atoms with Gasteiger partial charge in [-0.2, -0.15) is 0 Å². The molecule has 1 atom stereocenters. The summed E-state index contributed by atoms with van der Waals surface area (Å²) < 4.78 is 6.04. The Morgan fingerprint density at radius 2 is 2.36 bits per heavy atom. The van der Waals surface area contributed by atoms with Crippen molar-refractivity contribution in [3.63, 3.8) is 0 Å². The van der Waals surface area contributed by atoms with Crippen LogP contribution in [0.1, 0.15) is 18.2 Å². The molecule has 0 aliphatic heterocycles. The fraction of sp³-hybridized carbons (Fsp3) is 0.600. The van der Waals surface area contributed by atoms with Gasteiger partial charge in [0.15, 0.2) is 0 Å². The van der Waals surface area contributed by atoms with Crippen LogP contribution in [0.15, 0.2) is 15.9 Å². The summed E-state index contributed by atoms with van der Waals surface area (Å²) in [5, 5.41) is 12.1. The first kappa shape index (κ1) is 12.2. The highest BCUT2D eigenvalue weighted by molar-refractivity contribution is 9.10. The lowest BCUT2D eigenvalue weighted by Crippen LogP contribution is -2.28. The van der Waals surface area contributed by atoms with Gasteiger partial charge in [-0.15, -0.1) is 11.3 Å². The van der Waals surface area contributed by atoms with Crippen LogP contribution in [0, 0.1) is 0 Å². The van der Waals surface area contributed by atoms with E-state index in [9.17, 15) is 5.11 Å². The Morgan fingerprint density at radius 3 is 2.86 bits per heavy atom. The molecule has 0 radical (unpaired) electrons. The van der Waals surface area contributed by atoms with Crippen LogP contribution in [0.5, 0.6) is 0 Å². The molecule has 1 heterocycles. The quantitative estimate of drug-likeness (QED) is 0.898. The summed E-state index contributed by atoms with van der Waals surface area (Å²) in [5.41, 5.74) is -0.677. The molecule has 1 aromatic heterocycles. The molecule has 0 saturated carbocycles. The van der Waals surface area contributed by atoms with Crippen LogP contribution in [-0.2, 0) is 11.2 Å². The number of hydrogen-bond acceptors (Lipinski definition) is 3. The number of hydrogen-bond donors (Lipinski definition) is 1. The van der Waals surface area contributed by atoms with E-state index in [2.05, 4.69) is 15.9 Å². The highest BCUT2D eigenvalue weighted by Gasteiger charge is 2.22. The van der Waals surface area contributed by atoms with Gasteiger partial charge in [0.2, 0.25) is 0 Å². The fourth-order valence-electron chi connectivity index (χ4n) is 1.21. The van der Waals surface area contributed by atoms with Crippen LogP contribution >= 0.6 is 27.3 Å². The van der Waals surface area contributed by atoms with Crippen molar-refractivity contribution in [2.24, 2.45) is 0 Å². The van der Waals surface area contributed by atoms with Crippen LogP contribution in [0.2, 0.25) is 0 Å². The van der Waals surface area contributed by atoms with E-state index in [-0.39, 0.29) is 0 Å². The van der Waals surface area contributed by atoms with Gasteiger partial charge < -0.3 is 9.84 Å². The average Bonchev–Trinajstić information content (AvgIpc) is 2.48. The van der Waals surface area contributed by atoms with E-state index in [1.165, 1.54) is 4.88 Å². The zero-order valence-electron chi connectivity index (χ0n) is 8.42. The van der Waals surface area contributed by atoms with Crippen molar-refractivity contribution >= 4 is 27.3 Å². The van der Waals surface area contributed by atoms with Crippen molar-refractivity contribution in [1.82, 2.24) is 0 Å². The lowest BCUT2D eigenvalue weighted by atomic mass is 9.98. The lowest BCUT2D eigenvalue weighted by molar-refractivity contribution is 0.0254. The summed E-state index contributed by atoms with van der Waals surface area (Å²) in [6.07, 6.45) is 1.34. The highest BCUT2D eigenvalue weighted by Crippen LogP contribution is 2.28. The number of ether oxygens (including phenoxy) is 1. The monoisotopic (exact) mass is 278 g/mol. The smallest absolute Gasteiger partial charge is 0.0690 e. The average molecular weight is 279 g/mol. The molecule has 0 saturated heterocycles. The van der Waals surface area contributed by atoms with E-state index in [1.54, 1.807) is 18.4 Å². The SMILES string of the molecule is COCCC(C)(O)Cc1sccc1Br. The van der Waals surface area contributed by atoms with Gasteiger partial charge >= 0.3 is 0 Å². The van der Waals surface area contributed by atoms with Crippen LogP contribution in [0.3, 0.4) is 0 Å². The largest absolute Gasteiger partial charge is 0.390 e. The Bertz CT molecular complexity index is 283. The topological polar surface area (TPSA) is 29.5 Å². The zero-order valence-corrected chi connectivity index (χ0v) is 10.8. The number of halogens is 1. The van der Waals surface area contributed by atoms with Gasteiger partial charge in [-0.1, -0.05) is 0 Å². The summed E-state index contributed by atoms with van der Waals surface area (Å²) in [5.74, 6) is 0. The van der Waals surface area contributed by atoms with E-state index in [0.717, 1.165) is 4.47 Å². The second-order valence-electron chi connectivity index (χ2n) is 3.61. The first-order valence-electron chi connectivity index (χ1n) is 4.48. The van der Waals surface area contributed by atoms with Crippen LogP contribution < -0.4 is 0 Å². The summed E-state index contributed by atoms with van der Waals surface area (Å²) in [6, 6.07) is 2.01. The Labute approximate surface area is 97.0 Å². The van der Waals surface area contributed by atoms with Crippen molar-refractivity contribution in [1.29, 1.82) is 0 Å². The number of aliphatic hydroxyl groups is 1. The van der Waals surface area contributed by atoms with Gasteiger partial charge in [0.1, 0.15) is 0 Å². The molecule has 0 fully saturated rings. The van der Waals surface area contributed by atoms with Gasteiger partial charge in [-0.25, -0.2) is 0 Å². The Hall–Kier alpha value is 0.100. The van der Waals surface area contributed by atoms with Gasteiger partial charge in [-0.3, -0.25) is 0 Å². The molecular weight excluding hydrogens is 264 g/mol. The zero-order chi connectivity index (χ0) is 10.6. The van der Waals surface area contributed by atoms with Crippen LogP contribution in [0.4, 0.5) is 0 Å². The first-order valence-corrected chi connectivity index (χ1v) is 6.15.